The van der Waals surface area contributed by atoms with E-state index >= 15 is 0 Å². The molecule has 7 rings (SSSR count). The minimum atomic E-state index is -1.18. The predicted octanol–water partition coefficient (Wildman–Crippen LogP) is 3.79. The molecule has 16 nitrogen and oxygen atoms in total. The van der Waals surface area contributed by atoms with Crippen molar-refractivity contribution in [2.45, 2.75) is 64.1 Å². The number of para-hydroxylation sites is 1. The molecule has 16 heteroatoms. The fourth-order valence-electron chi connectivity index (χ4n) is 7.23. The van der Waals surface area contributed by atoms with Crippen LogP contribution in [0.3, 0.4) is 0 Å². The number of piperidine rings is 1. The van der Waals surface area contributed by atoms with Crippen LogP contribution >= 0.6 is 0 Å². The fraction of sp³-hybridized carbons (Fsp3) is 0.341. The van der Waals surface area contributed by atoms with Gasteiger partial charge in [0.15, 0.2) is 11.5 Å². The maximum atomic E-state index is 13.3. The number of amides is 2. The van der Waals surface area contributed by atoms with Crippen LogP contribution in [0.5, 0.6) is 0 Å². The Hall–Kier alpha value is -6.39. The third-order valence-electron chi connectivity index (χ3n) is 10.1. The summed E-state index contributed by atoms with van der Waals surface area (Å²) < 4.78 is 6.24. The molecule has 296 valence electrons. The van der Waals surface area contributed by atoms with E-state index in [2.05, 4.69) is 37.8 Å². The van der Waals surface area contributed by atoms with Crippen LogP contribution in [0.2, 0.25) is 0 Å². The Bertz CT molecular complexity index is 2580. The molecule has 2 amide bonds. The molecule has 0 bridgehead atoms. The molecule has 6 aromatic rings. The van der Waals surface area contributed by atoms with Crippen molar-refractivity contribution < 1.29 is 14.7 Å². The molecule has 1 atom stereocenters. The van der Waals surface area contributed by atoms with Crippen molar-refractivity contribution in [3.8, 4) is 5.82 Å². The van der Waals surface area contributed by atoms with E-state index in [-0.39, 0.29) is 30.1 Å². The zero-order valence-corrected chi connectivity index (χ0v) is 32.3. The van der Waals surface area contributed by atoms with E-state index in [9.17, 15) is 24.3 Å². The van der Waals surface area contributed by atoms with Crippen LogP contribution in [0, 0.1) is 0 Å². The molecular formula is C41H47N11O5. The quantitative estimate of drug-likeness (QED) is 0.0546. The number of aliphatic hydroxyl groups is 1. The average molecular weight is 774 g/mol. The van der Waals surface area contributed by atoms with Gasteiger partial charge in [-0.25, -0.2) is 24.1 Å². The number of benzene rings is 2. The number of nitrogens with one attached hydrogen (secondary N) is 4. The summed E-state index contributed by atoms with van der Waals surface area (Å²) in [5.74, 6) is -0.00120. The molecule has 4 aromatic heterocycles. The first-order valence-corrected chi connectivity index (χ1v) is 19.1. The lowest BCUT2D eigenvalue weighted by Gasteiger charge is -2.21. The Morgan fingerprint density at radius 3 is 2.49 bits per heavy atom. The number of carbonyl (C=O) groups excluding carboxylic acids is 2. The first kappa shape index (κ1) is 38.9. The maximum absolute atomic E-state index is 13.3. The SMILES string of the molecule is C=CCn1c(=O)c2cnc(Nc3ccc(NCCNCCCCc4cccc5c4n(C)c(=O)n5C4CCC(=O)NC4=O)cc3)nc2n1-c1cccc(C(C)(C)O)n1. The number of nitrogens with zero attached hydrogens (tertiary/aromatic N) is 7. The number of rotatable bonds is 16. The fourth-order valence-corrected chi connectivity index (χ4v) is 7.23. The second-order valence-electron chi connectivity index (χ2n) is 14.7. The van der Waals surface area contributed by atoms with Crippen molar-refractivity contribution >= 4 is 51.2 Å². The molecule has 1 aliphatic heterocycles. The Labute approximate surface area is 328 Å². The second-order valence-corrected chi connectivity index (χ2v) is 14.7. The molecule has 0 radical (unpaired) electrons. The number of aromatic nitrogens is 7. The number of unbranched alkanes of at least 4 members (excludes halogenated alkanes) is 1. The molecule has 1 saturated heterocycles. The van der Waals surface area contributed by atoms with Gasteiger partial charge in [0, 0.05) is 44.1 Å². The van der Waals surface area contributed by atoms with Crippen LogP contribution in [0.4, 0.5) is 17.3 Å². The van der Waals surface area contributed by atoms with Crippen molar-refractivity contribution in [1.29, 1.82) is 0 Å². The number of imidazole rings is 1. The highest BCUT2D eigenvalue weighted by atomic mass is 16.3. The van der Waals surface area contributed by atoms with Crippen LogP contribution in [0.15, 0.2) is 89.1 Å². The van der Waals surface area contributed by atoms with Crippen molar-refractivity contribution in [2.24, 2.45) is 7.05 Å². The number of imide groups is 1. The van der Waals surface area contributed by atoms with E-state index in [1.165, 1.54) is 15.4 Å². The number of carbonyl (C=O) groups is 2. The van der Waals surface area contributed by atoms with Crippen molar-refractivity contribution in [2.75, 3.05) is 30.3 Å². The molecule has 0 spiro atoms. The molecule has 5 heterocycles. The molecule has 1 unspecified atom stereocenters. The topological polar surface area (TPSA) is 195 Å². The summed E-state index contributed by atoms with van der Waals surface area (Å²) in [5.41, 5.74) is 3.43. The Balaban J connectivity index is 0.905. The van der Waals surface area contributed by atoms with Gasteiger partial charge in [-0.3, -0.25) is 28.8 Å². The third kappa shape index (κ3) is 8.13. The maximum Gasteiger partial charge on any atom is 0.329 e. The minimum Gasteiger partial charge on any atom is -0.384 e. The van der Waals surface area contributed by atoms with E-state index < -0.39 is 17.6 Å². The summed E-state index contributed by atoms with van der Waals surface area (Å²) in [5, 5.41) is 23.4. The van der Waals surface area contributed by atoms with Gasteiger partial charge in [-0.05, 0) is 94.1 Å². The van der Waals surface area contributed by atoms with E-state index in [1.54, 1.807) is 54.4 Å². The summed E-state index contributed by atoms with van der Waals surface area (Å²) in [4.78, 5) is 64.5. The number of pyridine rings is 1. The Morgan fingerprint density at radius 2 is 1.74 bits per heavy atom. The lowest BCUT2D eigenvalue weighted by atomic mass is 10.0. The summed E-state index contributed by atoms with van der Waals surface area (Å²) in [7, 11) is 1.73. The zero-order chi connectivity index (χ0) is 40.3. The highest BCUT2D eigenvalue weighted by molar-refractivity contribution is 6.00. The van der Waals surface area contributed by atoms with E-state index in [1.807, 2.05) is 42.5 Å². The van der Waals surface area contributed by atoms with Gasteiger partial charge in [-0.15, -0.1) is 6.58 Å². The van der Waals surface area contributed by atoms with Crippen molar-refractivity contribution in [1.82, 2.24) is 44.1 Å². The summed E-state index contributed by atoms with van der Waals surface area (Å²) in [6.45, 7) is 9.67. The first-order chi connectivity index (χ1) is 27.4. The Kier molecular flexibility index (Phi) is 11.2. The van der Waals surface area contributed by atoms with Crippen molar-refractivity contribution in [3.05, 3.63) is 112 Å². The van der Waals surface area contributed by atoms with Gasteiger partial charge in [0.1, 0.15) is 17.0 Å². The standard InChI is InChI=1S/C41H47N11O5/c1-5-24-50-38(55)29-25-44-39(48-36(29)52(50)33-14-9-13-32(46-33)41(2,3)57)45-28-17-15-27(16-18-28)43-23-22-42-21-7-6-10-26-11-8-12-30-35(26)49(4)40(56)51(30)31-19-20-34(53)47-37(31)54/h5,8-9,11-18,25,31,42-43,57H,1,6-7,10,19-24H2,2-4H3,(H,44,45,48)(H,47,53,54). The number of hydrogen-bond donors (Lipinski definition) is 5. The summed E-state index contributed by atoms with van der Waals surface area (Å²) >= 11 is 0. The number of aryl methyl sites for hydroxylation is 2. The predicted molar refractivity (Wildman–Crippen MR) is 219 cm³/mol. The zero-order valence-electron chi connectivity index (χ0n) is 32.3. The molecule has 57 heavy (non-hydrogen) atoms. The molecule has 0 aliphatic carbocycles. The van der Waals surface area contributed by atoms with Gasteiger partial charge in [0.2, 0.25) is 17.8 Å². The highest BCUT2D eigenvalue weighted by Gasteiger charge is 2.31. The summed E-state index contributed by atoms with van der Waals surface area (Å²) in [6.07, 6.45) is 6.31. The Morgan fingerprint density at radius 1 is 0.965 bits per heavy atom. The minimum absolute atomic E-state index is 0.209. The number of anilines is 3. The third-order valence-corrected chi connectivity index (χ3v) is 10.1. The van der Waals surface area contributed by atoms with Crippen LogP contribution in [-0.2, 0) is 35.2 Å². The molecular weight excluding hydrogens is 727 g/mol. The second kappa shape index (κ2) is 16.4. The molecule has 1 aliphatic rings. The smallest absolute Gasteiger partial charge is 0.329 e. The number of hydrogen-bond acceptors (Lipinski definition) is 11. The van der Waals surface area contributed by atoms with E-state index in [0.29, 0.717) is 40.4 Å². The van der Waals surface area contributed by atoms with Crippen LogP contribution in [0.1, 0.15) is 56.8 Å². The van der Waals surface area contributed by atoms with Crippen LogP contribution in [-0.4, -0.2) is 70.0 Å². The molecule has 2 aromatic carbocycles. The van der Waals surface area contributed by atoms with E-state index in [4.69, 9.17) is 4.98 Å². The van der Waals surface area contributed by atoms with Gasteiger partial charge >= 0.3 is 5.69 Å². The number of allylic oxidation sites excluding steroid dienone is 1. The van der Waals surface area contributed by atoms with Gasteiger partial charge in [-0.1, -0.05) is 24.3 Å². The monoisotopic (exact) mass is 773 g/mol. The van der Waals surface area contributed by atoms with Crippen LogP contribution in [0.25, 0.3) is 27.9 Å². The molecule has 1 fully saturated rings. The summed E-state index contributed by atoms with van der Waals surface area (Å²) in [6, 6.07) is 18.1. The highest BCUT2D eigenvalue weighted by Crippen LogP contribution is 2.26. The lowest BCUT2D eigenvalue weighted by Crippen LogP contribution is -2.44. The first-order valence-electron chi connectivity index (χ1n) is 19.1. The van der Waals surface area contributed by atoms with Crippen LogP contribution < -0.4 is 32.5 Å². The molecule has 5 N–H and O–H groups in total. The van der Waals surface area contributed by atoms with Gasteiger partial charge in [0.05, 0.1) is 23.3 Å². The van der Waals surface area contributed by atoms with E-state index in [0.717, 1.165) is 61.4 Å². The molecule has 0 saturated carbocycles. The van der Waals surface area contributed by atoms with Gasteiger partial charge < -0.3 is 21.1 Å². The number of fused-ring (bicyclic) bond motifs is 2. The average Bonchev–Trinajstić information content (AvgIpc) is 3.61. The van der Waals surface area contributed by atoms with Gasteiger partial charge in [-0.2, -0.15) is 4.98 Å². The lowest BCUT2D eigenvalue weighted by molar-refractivity contribution is -0.135. The largest absolute Gasteiger partial charge is 0.384 e. The van der Waals surface area contributed by atoms with Crippen molar-refractivity contribution in [3.63, 3.8) is 0 Å². The normalized spacial score (nSPS) is 14.6. The van der Waals surface area contributed by atoms with Gasteiger partial charge in [0.25, 0.3) is 5.56 Å².